The molecule has 1 aliphatic heterocycles. The first-order valence-corrected chi connectivity index (χ1v) is 8.13. The number of amides is 1. The maximum Gasteiger partial charge on any atom is 0.225 e. The van der Waals surface area contributed by atoms with E-state index in [1.807, 2.05) is 0 Å². The summed E-state index contributed by atoms with van der Waals surface area (Å²) >= 11 is 0. The van der Waals surface area contributed by atoms with Crippen molar-refractivity contribution >= 4 is 5.91 Å². The van der Waals surface area contributed by atoms with Gasteiger partial charge in [0.25, 0.3) is 0 Å². The molecular weight excluding hydrogens is 222 g/mol. The van der Waals surface area contributed by atoms with E-state index in [1.165, 1.54) is 57.8 Å². The van der Waals surface area contributed by atoms with Crippen LogP contribution in [0.5, 0.6) is 0 Å². The van der Waals surface area contributed by atoms with E-state index in [9.17, 15) is 4.79 Å². The number of piperidine rings is 1. The highest BCUT2D eigenvalue weighted by molar-refractivity contribution is 5.80. The normalized spacial score (nSPS) is 46.4. The van der Waals surface area contributed by atoms with Crippen LogP contribution in [-0.2, 0) is 4.79 Å². The fraction of sp³-hybridized carbons (Fsp3) is 0.938. The van der Waals surface area contributed by atoms with Crippen LogP contribution in [0, 0.1) is 23.7 Å². The third-order valence-corrected chi connectivity index (χ3v) is 6.12. The van der Waals surface area contributed by atoms with Crippen molar-refractivity contribution in [2.24, 2.45) is 23.7 Å². The van der Waals surface area contributed by atoms with E-state index >= 15 is 0 Å². The second-order valence-electron chi connectivity index (χ2n) is 7.21. The number of fused-ring (bicyclic) bond motifs is 2. The third-order valence-electron chi connectivity index (χ3n) is 6.12. The van der Waals surface area contributed by atoms with Crippen molar-refractivity contribution in [1.82, 2.24) is 4.90 Å². The minimum Gasteiger partial charge on any atom is -0.339 e. The maximum atomic E-state index is 12.7. The number of carbonyl (C=O) groups is 1. The van der Waals surface area contributed by atoms with Crippen molar-refractivity contribution in [3.8, 4) is 0 Å². The number of nitrogens with zero attached hydrogens (tertiary/aromatic N) is 1. The monoisotopic (exact) mass is 247 g/mol. The van der Waals surface area contributed by atoms with Gasteiger partial charge in [-0.3, -0.25) is 4.79 Å². The Morgan fingerprint density at radius 1 is 0.833 bits per heavy atom. The Labute approximate surface area is 110 Å². The zero-order chi connectivity index (χ0) is 12.1. The molecule has 100 valence electrons. The van der Waals surface area contributed by atoms with Crippen LogP contribution in [0.25, 0.3) is 0 Å². The van der Waals surface area contributed by atoms with Crippen LogP contribution in [0.15, 0.2) is 0 Å². The van der Waals surface area contributed by atoms with Crippen LogP contribution in [0.3, 0.4) is 0 Å². The van der Waals surface area contributed by atoms with Gasteiger partial charge in [-0.05, 0) is 62.7 Å². The Hall–Kier alpha value is -0.530. The summed E-state index contributed by atoms with van der Waals surface area (Å²) in [7, 11) is 0. The molecule has 4 rings (SSSR count). The number of hydrogen-bond acceptors (Lipinski definition) is 1. The first kappa shape index (κ1) is 11.3. The standard InChI is InChI=1S/C16H25NO/c18-16(14-9-12-8-13(12)10-14)17-7-3-5-11-4-1-2-6-15(11)17/h11-15H,1-10H2. The van der Waals surface area contributed by atoms with Crippen molar-refractivity contribution in [3.63, 3.8) is 0 Å². The van der Waals surface area contributed by atoms with Gasteiger partial charge in [-0.1, -0.05) is 12.8 Å². The van der Waals surface area contributed by atoms with Gasteiger partial charge in [0.2, 0.25) is 5.91 Å². The molecule has 4 aliphatic rings. The lowest BCUT2D eigenvalue weighted by Crippen LogP contribution is -2.51. The fourth-order valence-electron chi connectivity index (χ4n) is 5.05. The van der Waals surface area contributed by atoms with Gasteiger partial charge < -0.3 is 4.90 Å². The van der Waals surface area contributed by atoms with E-state index in [0.29, 0.717) is 17.9 Å². The highest BCUT2D eigenvalue weighted by Crippen LogP contribution is 2.55. The summed E-state index contributed by atoms with van der Waals surface area (Å²) in [5.74, 6) is 3.66. The Balaban J connectivity index is 1.46. The van der Waals surface area contributed by atoms with Crippen molar-refractivity contribution in [2.45, 2.75) is 63.8 Å². The molecule has 2 heteroatoms. The fourth-order valence-corrected chi connectivity index (χ4v) is 5.05. The zero-order valence-corrected chi connectivity index (χ0v) is 11.3. The third kappa shape index (κ3) is 1.80. The lowest BCUT2D eigenvalue weighted by atomic mass is 9.78. The average Bonchev–Trinajstić information content (AvgIpc) is 3.04. The molecule has 0 spiro atoms. The SMILES string of the molecule is O=C(C1CC2CC2C1)N1CCCC2CCCCC21. The minimum absolute atomic E-state index is 0.412. The van der Waals surface area contributed by atoms with Crippen LogP contribution in [-0.4, -0.2) is 23.4 Å². The van der Waals surface area contributed by atoms with Gasteiger partial charge in [-0.25, -0.2) is 0 Å². The molecule has 0 bridgehead atoms. The lowest BCUT2D eigenvalue weighted by molar-refractivity contribution is -0.142. The Bertz CT molecular complexity index is 341. The van der Waals surface area contributed by atoms with E-state index in [4.69, 9.17) is 0 Å². The van der Waals surface area contributed by atoms with Crippen molar-refractivity contribution < 1.29 is 4.79 Å². The van der Waals surface area contributed by atoms with Crippen molar-refractivity contribution in [1.29, 1.82) is 0 Å². The summed E-state index contributed by atoms with van der Waals surface area (Å²) in [6, 6.07) is 0.622. The second-order valence-corrected chi connectivity index (χ2v) is 7.21. The van der Waals surface area contributed by atoms with Gasteiger partial charge in [-0.2, -0.15) is 0 Å². The molecule has 4 unspecified atom stereocenters. The molecule has 3 aliphatic carbocycles. The summed E-state index contributed by atoms with van der Waals surface area (Å²) in [4.78, 5) is 15.1. The van der Waals surface area contributed by atoms with Crippen LogP contribution in [0.4, 0.5) is 0 Å². The van der Waals surface area contributed by atoms with Crippen LogP contribution in [0.2, 0.25) is 0 Å². The van der Waals surface area contributed by atoms with Gasteiger partial charge in [-0.15, -0.1) is 0 Å². The van der Waals surface area contributed by atoms with Gasteiger partial charge in [0.1, 0.15) is 0 Å². The molecule has 0 aromatic heterocycles. The molecule has 4 atom stereocenters. The summed E-state index contributed by atoms with van der Waals surface area (Å²) in [5, 5.41) is 0. The highest BCUT2D eigenvalue weighted by atomic mass is 16.2. The predicted octanol–water partition coefficient (Wildman–Crippen LogP) is 3.21. The quantitative estimate of drug-likeness (QED) is 0.696. The Morgan fingerprint density at radius 2 is 1.56 bits per heavy atom. The molecule has 0 aromatic carbocycles. The van der Waals surface area contributed by atoms with Crippen LogP contribution < -0.4 is 0 Å². The zero-order valence-electron chi connectivity index (χ0n) is 11.3. The number of likely N-dealkylation sites (tertiary alicyclic amines) is 1. The van der Waals surface area contributed by atoms with Gasteiger partial charge >= 0.3 is 0 Å². The van der Waals surface area contributed by atoms with Crippen LogP contribution in [0.1, 0.15) is 57.8 Å². The predicted molar refractivity (Wildman–Crippen MR) is 71.0 cm³/mol. The molecule has 0 radical (unpaired) electrons. The summed E-state index contributed by atoms with van der Waals surface area (Å²) in [6.07, 6.45) is 11.9. The first-order valence-electron chi connectivity index (χ1n) is 8.13. The maximum absolute atomic E-state index is 12.7. The molecule has 2 nitrogen and oxygen atoms in total. The molecule has 0 aromatic rings. The highest BCUT2D eigenvalue weighted by Gasteiger charge is 2.50. The van der Waals surface area contributed by atoms with E-state index in [2.05, 4.69) is 4.90 Å². The lowest BCUT2D eigenvalue weighted by Gasteiger charge is -2.45. The topological polar surface area (TPSA) is 20.3 Å². The molecule has 1 heterocycles. The van der Waals surface area contributed by atoms with Crippen molar-refractivity contribution in [2.75, 3.05) is 6.54 Å². The summed E-state index contributed by atoms with van der Waals surface area (Å²) in [5.41, 5.74) is 0. The smallest absolute Gasteiger partial charge is 0.225 e. The Kier molecular flexibility index (Phi) is 2.67. The van der Waals surface area contributed by atoms with Crippen LogP contribution >= 0.6 is 0 Å². The Morgan fingerprint density at radius 3 is 2.39 bits per heavy atom. The molecule has 1 amide bonds. The number of hydrogen-bond donors (Lipinski definition) is 0. The van der Waals surface area contributed by atoms with E-state index in [-0.39, 0.29) is 0 Å². The van der Waals surface area contributed by atoms with Gasteiger partial charge in [0.15, 0.2) is 0 Å². The molecule has 0 N–H and O–H groups in total. The largest absolute Gasteiger partial charge is 0.339 e. The summed E-state index contributed by atoms with van der Waals surface area (Å²) in [6.45, 7) is 1.06. The molecule has 3 saturated carbocycles. The second kappa shape index (κ2) is 4.25. The van der Waals surface area contributed by atoms with E-state index in [0.717, 1.165) is 24.3 Å². The first-order chi connectivity index (χ1) is 8.83. The molecule has 1 saturated heterocycles. The molecule has 4 fully saturated rings. The van der Waals surface area contributed by atoms with E-state index < -0.39 is 0 Å². The summed E-state index contributed by atoms with van der Waals surface area (Å²) < 4.78 is 0. The van der Waals surface area contributed by atoms with Crippen molar-refractivity contribution in [3.05, 3.63) is 0 Å². The molecule has 18 heavy (non-hydrogen) atoms. The van der Waals surface area contributed by atoms with Gasteiger partial charge in [0, 0.05) is 18.5 Å². The number of carbonyl (C=O) groups excluding carboxylic acids is 1. The minimum atomic E-state index is 0.412. The average molecular weight is 247 g/mol. The molecular formula is C16H25NO. The van der Waals surface area contributed by atoms with E-state index in [1.54, 1.807) is 0 Å². The number of rotatable bonds is 1. The van der Waals surface area contributed by atoms with Gasteiger partial charge in [0.05, 0.1) is 0 Å².